The lowest BCUT2D eigenvalue weighted by Crippen LogP contribution is -2.07. The van der Waals surface area contributed by atoms with Crippen molar-refractivity contribution in [2.24, 2.45) is 17.8 Å². The lowest BCUT2D eigenvalue weighted by Gasteiger charge is -2.00. The van der Waals surface area contributed by atoms with Crippen molar-refractivity contribution in [1.82, 2.24) is 0 Å². The first-order valence-electron chi connectivity index (χ1n) is 3.57. The van der Waals surface area contributed by atoms with Gasteiger partial charge < -0.3 is 5.11 Å². The molecule has 2 aliphatic rings. The van der Waals surface area contributed by atoms with Crippen molar-refractivity contribution in [2.75, 3.05) is 0 Å². The van der Waals surface area contributed by atoms with Crippen molar-refractivity contribution in [2.45, 2.75) is 19.0 Å². The van der Waals surface area contributed by atoms with Gasteiger partial charge in [0, 0.05) is 0 Å². The second kappa shape index (κ2) is 1.71. The van der Waals surface area contributed by atoms with E-state index in [2.05, 4.69) is 0 Å². The number of alkyl halides is 1. The molecular weight excluding hydrogens is 135 g/mol. The minimum absolute atomic E-state index is 0.174. The Bertz CT molecular complexity index is 168. The molecule has 0 amide bonds. The fourth-order valence-electron chi connectivity index (χ4n) is 2.14. The number of halogens is 1. The average molecular weight is 144 g/mol. The van der Waals surface area contributed by atoms with Crippen molar-refractivity contribution < 1.29 is 14.3 Å². The molecule has 0 bridgehead atoms. The number of carboxylic acid groups (broad SMARTS) is 1. The van der Waals surface area contributed by atoms with Gasteiger partial charge in [0.25, 0.3) is 0 Å². The van der Waals surface area contributed by atoms with E-state index >= 15 is 0 Å². The summed E-state index contributed by atoms with van der Waals surface area (Å²) in [6, 6.07) is 0. The van der Waals surface area contributed by atoms with Crippen LogP contribution in [0.25, 0.3) is 0 Å². The molecule has 2 saturated carbocycles. The van der Waals surface area contributed by atoms with E-state index in [4.69, 9.17) is 5.11 Å². The lowest BCUT2D eigenvalue weighted by molar-refractivity contribution is -0.139. The first-order chi connectivity index (χ1) is 4.70. The molecule has 10 heavy (non-hydrogen) atoms. The van der Waals surface area contributed by atoms with Gasteiger partial charge in [-0.3, -0.25) is 4.79 Å². The van der Waals surface area contributed by atoms with Crippen LogP contribution >= 0.6 is 0 Å². The zero-order chi connectivity index (χ0) is 7.30. The molecule has 0 aromatic rings. The number of rotatable bonds is 1. The van der Waals surface area contributed by atoms with E-state index in [0.29, 0.717) is 12.8 Å². The van der Waals surface area contributed by atoms with Crippen molar-refractivity contribution in [3.63, 3.8) is 0 Å². The van der Waals surface area contributed by atoms with Crippen molar-refractivity contribution in [1.29, 1.82) is 0 Å². The summed E-state index contributed by atoms with van der Waals surface area (Å²) in [6.45, 7) is 0. The normalized spacial score (nSPS) is 50.5. The van der Waals surface area contributed by atoms with Crippen LogP contribution in [0.2, 0.25) is 0 Å². The molecule has 0 radical (unpaired) electrons. The van der Waals surface area contributed by atoms with E-state index in [1.165, 1.54) is 0 Å². The lowest BCUT2D eigenvalue weighted by atomic mass is 10.1. The molecule has 0 aromatic heterocycles. The molecule has 2 nitrogen and oxygen atoms in total. The molecule has 0 aromatic carbocycles. The summed E-state index contributed by atoms with van der Waals surface area (Å²) in [6.07, 6.45) is 0.258. The molecule has 2 aliphatic carbocycles. The molecule has 0 heterocycles. The van der Waals surface area contributed by atoms with Crippen LogP contribution in [0, 0.1) is 17.8 Å². The van der Waals surface area contributed by atoms with E-state index in [0.717, 1.165) is 0 Å². The standard InChI is InChI=1S/C7H9FO2/c8-3-1-4-5(2-3)6(4)7(9)10/h3-6H,1-2H2,(H,9,10)/t3?,4-,5+,6?. The smallest absolute Gasteiger partial charge is 0.307 e. The Morgan fingerprint density at radius 1 is 1.40 bits per heavy atom. The van der Waals surface area contributed by atoms with Gasteiger partial charge in [-0.05, 0) is 24.7 Å². The molecule has 56 valence electrons. The average Bonchev–Trinajstić information content (AvgIpc) is 2.32. The van der Waals surface area contributed by atoms with Crippen LogP contribution in [-0.2, 0) is 4.79 Å². The van der Waals surface area contributed by atoms with Gasteiger partial charge in [0.05, 0.1) is 5.92 Å². The number of hydrogen-bond donors (Lipinski definition) is 1. The topological polar surface area (TPSA) is 37.3 Å². The van der Waals surface area contributed by atoms with E-state index < -0.39 is 12.1 Å². The second-order valence-corrected chi connectivity index (χ2v) is 3.26. The molecule has 1 N–H and O–H groups in total. The third-order valence-corrected chi connectivity index (χ3v) is 2.67. The Balaban J connectivity index is 1.98. The molecule has 3 heteroatoms. The fraction of sp³-hybridized carbons (Fsp3) is 0.857. The summed E-state index contributed by atoms with van der Waals surface area (Å²) in [7, 11) is 0. The zero-order valence-electron chi connectivity index (χ0n) is 5.46. The first kappa shape index (κ1) is 6.13. The third-order valence-electron chi connectivity index (χ3n) is 2.67. The summed E-state index contributed by atoms with van der Waals surface area (Å²) in [5.41, 5.74) is 0. The predicted octanol–water partition coefficient (Wildman–Crippen LogP) is 1.07. The first-order valence-corrected chi connectivity index (χ1v) is 3.57. The third kappa shape index (κ3) is 0.662. The van der Waals surface area contributed by atoms with Gasteiger partial charge in [0.15, 0.2) is 0 Å². The van der Waals surface area contributed by atoms with Gasteiger partial charge in [-0.15, -0.1) is 0 Å². The van der Waals surface area contributed by atoms with Crippen molar-refractivity contribution in [3.05, 3.63) is 0 Å². The quantitative estimate of drug-likeness (QED) is 0.597. The zero-order valence-corrected chi connectivity index (χ0v) is 5.46. The number of carboxylic acids is 1. The summed E-state index contributed by atoms with van der Waals surface area (Å²) < 4.78 is 12.4. The van der Waals surface area contributed by atoms with E-state index in [1.807, 2.05) is 0 Å². The van der Waals surface area contributed by atoms with Gasteiger partial charge in [-0.1, -0.05) is 0 Å². The maximum Gasteiger partial charge on any atom is 0.307 e. The molecule has 4 atom stereocenters. The van der Waals surface area contributed by atoms with Gasteiger partial charge in [0.1, 0.15) is 6.17 Å². The van der Waals surface area contributed by atoms with E-state index in [-0.39, 0.29) is 17.8 Å². The number of aliphatic carboxylic acids is 1. The van der Waals surface area contributed by atoms with Crippen molar-refractivity contribution >= 4 is 5.97 Å². The van der Waals surface area contributed by atoms with Gasteiger partial charge in [0.2, 0.25) is 0 Å². The Morgan fingerprint density at radius 3 is 2.30 bits per heavy atom. The highest BCUT2D eigenvalue weighted by Gasteiger charge is 2.60. The SMILES string of the molecule is O=C(O)C1[C@H]2CC(F)C[C@@H]12. The van der Waals surface area contributed by atoms with Crippen LogP contribution in [-0.4, -0.2) is 17.2 Å². The molecule has 0 spiro atoms. The van der Waals surface area contributed by atoms with Crippen LogP contribution in [0.4, 0.5) is 4.39 Å². The highest BCUT2D eigenvalue weighted by molar-refractivity contribution is 5.74. The maximum absolute atomic E-state index is 12.4. The van der Waals surface area contributed by atoms with Gasteiger partial charge in [-0.25, -0.2) is 4.39 Å². The summed E-state index contributed by atoms with van der Waals surface area (Å²) in [5, 5.41) is 8.52. The minimum Gasteiger partial charge on any atom is -0.481 e. The van der Waals surface area contributed by atoms with Gasteiger partial charge >= 0.3 is 5.97 Å². The maximum atomic E-state index is 12.4. The number of fused-ring (bicyclic) bond motifs is 1. The summed E-state index contributed by atoms with van der Waals surface area (Å²) >= 11 is 0. The predicted molar refractivity (Wildman–Crippen MR) is 32.2 cm³/mol. The molecule has 0 saturated heterocycles. The Labute approximate surface area is 58.0 Å². The molecule has 2 fully saturated rings. The Kier molecular flexibility index (Phi) is 1.05. The monoisotopic (exact) mass is 144 g/mol. The largest absolute Gasteiger partial charge is 0.481 e. The van der Waals surface area contributed by atoms with Crippen LogP contribution in [0.1, 0.15) is 12.8 Å². The Morgan fingerprint density at radius 2 is 1.90 bits per heavy atom. The fourth-order valence-corrected chi connectivity index (χ4v) is 2.14. The molecule has 2 unspecified atom stereocenters. The number of hydrogen-bond acceptors (Lipinski definition) is 1. The van der Waals surface area contributed by atoms with Crippen LogP contribution < -0.4 is 0 Å². The molecule has 2 rings (SSSR count). The summed E-state index contributed by atoms with van der Waals surface area (Å²) in [5.74, 6) is -0.589. The Hall–Kier alpha value is -0.600. The van der Waals surface area contributed by atoms with Gasteiger partial charge in [-0.2, -0.15) is 0 Å². The van der Waals surface area contributed by atoms with Crippen LogP contribution in [0.5, 0.6) is 0 Å². The minimum atomic E-state index is -0.734. The highest BCUT2D eigenvalue weighted by Crippen LogP contribution is 2.58. The molecular formula is C7H9FO2. The van der Waals surface area contributed by atoms with E-state index in [9.17, 15) is 9.18 Å². The highest BCUT2D eigenvalue weighted by atomic mass is 19.1. The number of carbonyl (C=O) groups is 1. The summed E-state index contributed by atoms with van der Waals surface area (Å²) in [4.78, 5) is 10.4. The van der Waals surface area contributed by atoms with Crippen LogP contribution in [0.15, 0.2) is 0 Å². The van der Waals surface area contributed by atoms with Crippen molar-refractivity contribution in [3.8, 4) is 0 Å². The van der Waals surface area contributed by atoms with E-state index in [1.54, 1.807) is 0 Å². The molecule has 0 aliphatic heterocycles. The van der Waals surface area contributed by atoms with Crippen LogP contribution in [0.3, 0.4) is 0 Å². The second-order valence-electron chi connectivity index (χ2n) is 3.26.